The van der Waals surface area contributed by atoms with Gasteiger partial charge >= 0.3 is 0 Å². The van der Waals surface area contributed by atoms with E-state index in [1.54, 1.807) is 6.20 Å². The molecular weight excluding hydrogens is 330 g/mol. The van der Waals surface area contributed by atoms with Gasteiger partial charge in [0.1, 0.15) is 5.82 Å². The maximum absolute atomic E-state index is 13.1. The average molecular weight is 357 g/mol. The lowest BCUT2D eigenvalue weighted by Gasteiger charge is -2.37. The second kappa shape index (κ2) is 7.51. The van der Waals surface area contributed by atoms with Crippen LogP contribution in [0.25, 0.3) is 0 Å². The van der Waals surface area contributed by atoms with Crippen molar-refractivity contribution in [3.8, 4) is 0 Å². The number of hydrogen-bond acceptors (Lipinski definition) is 6. The number of fused-ring (bicyclic) bond motifs is 1. The van der Waals surface area contributed by atoms with Crippen LogP contribution >= 0.6 is 0 Å². The van der Waals surface area contributed by atoms with Crippen molar-refractivity contribution in [1.29, 1.82) is 0 Å². The minimum atomic E-state index is -0.00680. The average Bonchev–Trinajstić information content (AvgIpc) is 2.94. The minimum Gasteiger partial charge on any atom is -0.325 e. The van der Waals surface area contributed by atoms with Crippen molar-refractivity contribution in [2.45, 2.75) is 32.6 Å². The van der Waals surface area contributed by atoms with Crippen LogP contribution in [0.3, 0.4) is 0 Å². The van der Waals surface area contributed by atoms with Crippen molar-refractivity contribution < 1.29 is 4.79 Å². The van der Waals surface area contributed by atoms with Crippen LogP contribution in [0.15, 0.2) is 18.3 Å². The van der Waals surface area contributed by atoms with E-state index in [-0.39, 0.29) is 11.9 Å². The molecule has 2 aromatic heterocycles. The van der Waals surface area contributed by atoms with Gasteiger partial charge in [-0.1, -0.05) is 0 Å². The van der Waals surface area contributed by atoms with E-state index in [1.165, 1.54) is 0 Å². The molecule has 3 rings (SSSR count). The molecule has 0 spiro atoms. The second-order valence-electron chi connectivity index (χ2n) is 7.40. The molecule has 140 valence electrons. The highest BCUT2D eigenvalue weighted by atomic mass is 16.2. The molecule has 1 atom stereocenters. The Hall–Kier alpha value is -2.32. The number of aromatic nitrogens is 4. The minimum absolute atomic E-state index is 0.00680. The van der Waals surface area contributed by atoms with Crippen molar-refractivity contribution >= 4 is 5.91 Å². The first-order chi connectivity index (χ1) is 12.3. The molecule has 1 amide bonds. The molecule has 0 bridgehead atoms. The first kappa shape index (κ1) is 18.5. The summed E-state index contributed by atoms with van der Waals surface area (Å²) < 4.78 is 2.11. The zero-order valence-electron chi connectivity index (χ0n) is 16.2. The fourth-order valence-corrected chi connectivity index (χ4v) is 3.32. The quantitative estimate of drug-likeness (QED) is 0.782. The maximum Gasteiger partial charge on any atom is 0.256 e. The van der Waals surface area contributed by atoms with Gasteiger partial charge in [0.25, 0.3) is 5.91 Å². The summed E-state index contributed by atoms with van der Waals surface area (Å²) in [5.74, 6) is 1.72. The Morgan fingerprint density at radius 3 is 2.58 bits per heavy atom. The summed E-state index contributed by atoms with van der Waals surface area (Å²) in [4.78, 5) is 23.6. The van der Waals surface area contributed by atoms with Crippen LogP contribution < -0.4 is 0 Å². The van der Waals surface area contributed by atoms with Gasteiger partial charge in [0.15, 0.2) is 5.82 Å². The zero-order chi connectivity index (χ0) is 18.8. The lowest BCUT2D eigenvalue weighted by Crippen LogP contribution is -2.51. The Bertz CT molecular complexity index is 766. The number of rotatable bonds is 5. The van der Waals surface area contributed by atoms with Crippen LogP contribution in [0, 0.1) is 6.92 Å². The van der Waals surface area contributed by atoms with Gasteiger partial charge in [-0.05, 0) is 47.2 Å². The van der Waals surface area contributed by atoms with Crippen molar-refractivity contribution in [2.75, 3.05) is 34.7 Å². The Kier molecular flexibility index (Phi) is 5.33. The molecule has 0 aliphatic carbocycles. The predicted octanol–water partition coefficient (Wildman–Crippen LogP) is 0.629. The fourth-order valence-electron chi connectivity index (χ4n) is 3.32. The van der Waals surface area contributed by atoms with Crippen LogP contribution in [0.5, 0.6) is 0 Å². The van der Waals surface area contributed by atoms with Gasteiger partial charge in [0, 0.05) is 25.8 Å². The topological polar surface area (TPSA) is 70.4 Å². The molecule has 0 N–H and O–H groups in total. The number of hydrogen-bond donors (Lipinski definition) is 0. The van der Waals surface area contributed by atoms with Crippen LogP contribution in [0.4, 0.5) is 0 Å². The van der Waals surface area contributed by atoms with Gasteiger partial charge in [0.05, 0.1) is 23.8 Å². The van der Waals surface area contributed by atoms with Gasteiger partial charge in [-0.15, -0.1) is 10.2 Å². The SMILES string of the molecule is Cc1nnc2n1CC(CN(C)C)N(C(=O)c1ccc(CN(C)C)nc1)C2. The van der Waals surface area contributed by atoms with Crippen molar-refractivity contribution in [3.63, 3.8) is 0 Å². The molecule has 8 heteroatoms. The summed E-state index contributed by atoms with van der Waals surface area (Å²) in [7, 11) is 8.04. The molecule has 1 aliphatic heterocycles. The molecule has 2 aromatic rings. The summed E-state index contributed by atoms with van der Waals surface area (Å²) in [6.45, 7) is 4.68. The van der Waals surface area contributed by atoms with Gasteiger partial charge in [-0.3, -0.25) is 9.78 Å². The molecule has 26 heavy (non-hydrogen) atoms. The summed E-state index contributed by atoms with van der Waals surface area (Å²) >= 11 is 0. The number of nitrogens with zero attached hydrogens (tertiary/aromatic N) is 7. The van der Waals surface area contributed by atoms with E-state index >= 15 is 0 Å². The Labute approximate surface area is 154 Å². The number of likely N-dealkylation sites (N-methyl/N-ethyl adjacent to an activating group) is 1. The zero-order valence-corrected chi connectivity index (χ0v) is 16.2. The monoisotopic (exact) mass is 357 g/mol. The molecule has 1 aliphatic rings. The Morgan fingerprint density at radius 1 is 1.19 bits per heavy atom. The number of aryl methyl sites for hydroxylation is 1. The number of carbonyl (C=O) groups is 1. The molecule has 0 fully saturated rings. The molecular formula is C18H27N7O. The summed E-state index contributed by atoms with van der Waals surface area (Å²) in [5, 5.41) is 8.39. The third kappa shape index (κ3) is 3.91. The largest absolute Gasteiger partial charge is 0.325 e. The number of amides is 1. The third-order valence-corrected chi connectivity index (χ3v) is 4.54. The van der Waals surface area contributed by atoms with Gasteiger partial charge in [0.2, 0.25) is 0 Å². The molecule has 0 saturated carbocycles. The predicted molar refractivity (Wildman–Crippen MR) is 98.6 cm³/mol. The molecule has 0 aromatic carbocycles. The number of pyridine rings is 1. The molecule has 8 nitrogen and oxygen atoms in total. The molecule has 0 saturated heterocycles. The highest BCUT2D eigenvalue weighted by Crippen LogP contribution is 2.21. The van der Waals surface area contributed by atoms with E-state index in [0.717, 1.165) is 30.4 Å². The van der Waals surface area contributed by atoms with Crippen LogP contribution in [-0.2, 0) is 19.6 Å². The van der Waals surface area contributed by atoms with Crippen LogP contribution in [-0.4, -0.2) is 81.1 Å². The Morgan fingerprint density at radius 2 is 1.96 bits per heavy atom. The summed E-state index contributed by atoms with van der Waals surface area (Å²) in [5.41, 5.74) is 1.56. The molecule has 3 heterocycles. The van der Waals surface area contributed by atoms with Crippen molar-refractivity contribution in [3.05, 3.63) is 41.2 Å². The third-order valence-electron chi connectivity index (χ3n) is 4.54. The lowest BCUT2D eigenvalue weighted by molar-refractivity contribution is 0.0542. The van der Waals surface area contributed by atoms with E-state index in [4.69, 9.17) is 0 Å². The summed E-state index contributed by atoms with van der Waals surface area (Å²) in [6.07, 6.45) is 1.68. The lowest BCUT2D eigenvalue weighted by atomic mass is 10.1. The highest BCUT2D eigenvalue weighted by Gasteiger charge is 2.32. The fraction of sp³-hybridized carbons (Fsp3) is 0.556. The van der Waals surface area contributed by atoms with E-state index < -0.39 is 0 Å². The first-order valence-corrected chi connectivity index (χ1v) is 8.79. The molecule has 0 radical (unpaired) electrons. The Balaban J connectivity index is 1.83. The van der Waals surface area contributed by atoms with Crippen LogP contribution in [0.2, 0.25) is 0 Å². The van der Waals surface area contributed by atoms with Crippen molar-refractivity contribution in [2.24, 2.45) is 0 Å². The van der Waals surface area contributed by atoms with E-state index in [1.807, 2.05) is 52.1 Å². The smallest absolute Gasteiger partial charge is 0.256 e. The standard InChI is InChI=1S/C18H27N7O/c1-13-20-21-17-12-25(16(10-23(4)5)11-24(13)17)18(26)14-6-7-15(19-8-14)9-22(2)3/h6-8,16H,9-12H2,1-5H3. The highest BCUT2D eigenvalue weighted by molar-refractivity contribution is 5.94. The van der Waals surface area contributed by atoms with Crippen molar-refractivity contribution in [1.82, 2.24) is 34.4 Å². The van der Waals surface area contributed by atoms with E-state index in [2.05, 4.69) is 29.5 Å². The second-order valence-corrected chi connectivity index (χ2v) is 7.40. The van der Waals surface area contributed by atoms with Gasteiger partial charge in [-0.25, -0.2) is 0 Å². The molecule has 1 unspecified atom stereocenters. The number of carbonyl (C=O) groups excluding carboxylic acids is 1. The van der Waals surface area contributed by atoms with Gasteiger partial charge < -0.3 is 19.3 Å². The normalized spacial score (nSPS) is 17.0. The summed E-state index contributed by atoms with van der Waals surface area (Å²) in [6, 6.07) is 3.86. The van der Waals surface area contributed by atoms with E-state index in [0.29, 0.717) is 18.7 Å². The first-order valence-electron chi connectivity index (χ1n) is 8.79. The van der Waals surface area contributed by atoms with E-state index in [9.17, 15) is 4.79 Å². The van der Waals surface area contributed by atoms with Gasteiger partial charge in [-0.2, -0.15) is 0 Å². The maximum atomic E-state index is 13.1. The van der Waals surface area contributed by atoms with Crippen LogP contribution in [0.1, 0.15) is 27.7 Å².